The van der Waals surface area contributed by atoms with Crippen LogP contribution in [0, 0.1) is 13.8 Å². The van der Waals surface area contributed by atoms with E-state index in [-0.39, 0.29) is 17.2 Å². The van der Waals surface area contributed by atoms with Crippen molar-refractivity contribution in [1.82, 2.24) is 4.31 Å². The van der Waals surface area contributed by atoms with Crippen LogP contribution in [0.1, 0.15) is 34.3 Å². The number of carbonyl (C=O) groups is 1. The zero-order valence-corrected chi connectivity index (χ0v) is 16.0. The molecule has 0 aromatic heterocycles. The van der Waals surface area contributed by atoms with Crippen molar-refractivity contribution in [2.45, 2.75) is 31.6 Å². The highest BCUT2D eigenvalue weighted by atomic mass is 32.2. The lowest BCUT2D eigenvalue weighted by Gasteiger charge is -2.15. The molecule has 0 spiro atoms. The van der Waals surface area contributed by atoms with Crippen LogP contribution in [0.15, 0.2) is 47.4 Å². The highest BCUT2D eigenvalue weighted by Crippen LogP contribution is 2.21. The summed E-state index contributed by atoms with van der Waals surface area (Å²) in [4.78, 5) is 12.7. The Kier molecular flexibility index (Phi) is 5.44. The first kappa shape index (κ1) is 18.6. The third-order valence-corrected chi connectivity index (χ3v) is 6.62. The molecule has 138 valence electrons. The Labute approximate surface area is 155 Å². The number of hydrogen-bond acceptors (Lipinski definition) is 4. The smallest absolute Gasteiger partial charge is 0.243 e. The Balaban J connectivity index is 1.68. The van der Waals surface area contributed by atoms with Crippen LogP contribution in [0.5, 0.6) is 0 Å². The zero-order valence-electron chi connectivity index (χ0n) is 15.2. The third kappa shape index (κ3) is 3.97. The molecule has 2 aromatic rings. The zero-order chi connectivity index (χ0) is 18.7. The lowest BCUT2D eigenvalue weighted by molar-refractivity contribution is 0.101. The number of carbonyl (C=O) groups excluding carboxylic acids is 1. The maximum atomic E-state index is 12.5. The minimum atomic E-state index is -3.44. The van der Waals surface area contributed by atoms with Gasteiger partial charge in [-0.05, 0) is 68.1 Å². The van der Waals surface area contributed by atoms with E-state index >= 15 is 0 Å². The van der Waals surface area contributed by atoms with Gasteiger partial charge in [0.25, 0.3) is 0 Å². The molecule has 0 radical (unpaired) electrons. The average molecular weight is 372 g/mol. The number of nitrogens with one attached hydrogen (secondary N) is 1. The van der Waals surface area contributed by atoms with Crippen LogP contribution in [0.4, 0.5) is 5.69 Å². The van der Waals surface area contributed by atoms with E-state index in [9.17, 15) is 13.2 Å². The molecule has 1 fully saturated rings. The maximum Gasteiger partial charge on any atom is 0.243 e. The molecular weight excluding hydrogens is 348 g/mol. The normalized spacial score (nSPS) is 15.2. The van der Waals surface area contributed by atoms with Gasteiger partial charge in [-0.3, -0.25) is 4.79 Å². The Bertz CT molecular complexity index is 899. The minimum absolute atomic E-state index is 0.0731. The summed E-state index contributed by atoms with van der Waals surface area (Å²) < 4.78 is 26.6. The fourth-order valence-electron chi connectivity index (χ4n) is 3.09. The van der Waals surface area contributed by atoms with Gasteiger partial charge >= 0.3 is 0 Å². The van der Waals surface area contributed by atoms with Gasteiger partial charge in [-0.25, -0.2) is 8.42 Å². The highest BCUT2D eigenvalue weighted by Gasteiger charge is 2.27. The number of benzene rings is 2. The minimum Gasteiger partial charge on any atom is -0.377 e. The molecule has 26 heavy (non-hydrogen) atoms. The van der Waals surface area contributed by atoms with Crippen molar-refractivity contribution < 1.29 is 13.2 Å². The molecule has 2 aromatic carbocycles. The van der Waals surface area contributed by atoms with Gasteiger partial charge < -0.3 is 5.32 Å². The fraction of sp³-hybridized carbons (Fsp3) is 0.350. The lowest BCUT2D eigenvalue weighted by atomic mass is 10.1. The van der Waals surface area contributed by atoms with Crippen LogP contribution in [-0.4, -0.2) is 38.1 Å². The number of ketones is 1. The predicted molar refractivity (Wildman–Crippen MR) is 103 cm³/mol. The molecule has 1 heterocycles. The first-order valence-electron chi connectivity index (χ1n) is 8.82. The second kappa shape index (κ2) is 7.60. The standard InChI is InChI=1S/C20H24N2O3S/c1-15-5-6-16(2)19(13-15)21-14-20(23)17-7-9-18(10-8-17)26(24,25)22-11-3-4-12-22/h5-10,13,21H,3-4,11-12,14H2,1-2H3. The molecule has 3 rings (SSSR count). The van der Waals surface area contributed by atoms with E-state index in [0.717, 1.165) is 29.7 Å². The van der Waals surface area contributed by atoms with Crippen LogP contribution in [0.25, 0.3) is 0 Å². The molecule has 0 bridgehead atoms. The second-order valence-corrected chi connectivity index (χ2v) is 8.67. The topological polar surface area (TPSA) is 66.5 Å². The summed E-state index contributed by atoms with van der Waals surface area (Å²) in [5.41, 5.74) is 3.65. The SMILES string of the molecule is Cc1ccc(C)c(NCC(=O)c2ccc(S(=O)(=O)N3CCCC3)cc2)c1. The summed E-state index contributed by atoms with van der Waals surface area (Å²) in [6, 6.07) is 12.3. The van der Waals surface area contributed by atoms with Crippen molar-refractivity contribution in [1.29, 1.82) is 0 Å². The molecule has 0 atom stereocenters. The van der Waals surface area contributed by atoms with Gasteiger partial charge in [0.2, 0.25) is 10.0 Å². The van der Waals surface area contributed by atoms with Crippen LogP contribution in [-0.2, 0) is 10.0 Å². The number of Topliss-reactive ketones (excluding diaryl/α,β-unsaturated/α-hetero) is 1. The number of nitrogens with zero attached hydrogens (tertiary/aromatic N) is 1. The van der Waals surface area contributed by atoms with Gasteiger partial charge in [0.1, 0.15) is 0 Å². The summed E-state index contributed by atoms with van der Waals surface area (Å²) >= 11 is 0. The van der Waals surface area contributed by atoms with Gasteiger partial charge in [-0.2, -0.15) is 4.31 Å². The molecule has 0 amide bonds. The van der Waals surface area contributed by atoms with E-state index < -0.39 is 10.0 Å². The summed E-state index contributed by atoms with van der Waals surface area (Å²) in [7, 11) is -3.44. The van der Waals surface area contributed by atoms with Crippen molar-refractivity contribution in [3.05, 3.63) is 59.2 Å². The van der Waals surface area contributed by atoms with E-state index in [4.69, 9.17) is 0 Å². The second-order valence-electron chi connectivity index (χ2n) is 6.73. The van der Waals surface area contributed by atoms with Crippen LogP contribution < -0.4 is 5.32 Å². The van der Waals surface area contributed by atoms with E-state index in [0.29, 0.717) is 18.7 Å². The van der Waals surface area contributed by atoms with Gasteiger partial charge in [0, 0.05) is 24.3 Å². The largest absolute Gasteiger partial charge is 0.377 e. The number of rotatable bonds is 6. The number of hydrogen-bond donors (Lipinski definition) is 1. The predicted octanol–water partition coefficient (Wildman–Crippen LogP) is 3.38. The van der Waals surface area contributed by atoms with Gasteiger partial charge in [0.05, 0.1) is 11.4 Å². The highest BCUT2D eigenvalue weighted by molar-refractivity contribution is 7.89. The van der Waals surface area contributed by atoms with Gasteiger partial charge in [0.15, 0.2) is 5.78 Å². The van der Waals surface area contributed by atoms with Crippen molar-refractivity contribution in [3.63, 3.8) is 0 Å². The van der Waals surface area contributed by atoms with Crippen LogP contribution >= 0.6 is 0 Å². The fourth-order valence-corrected chi connectivity index (χ4v) is 4.61. The molecule has 1 aliphatic heterocycles. The van der Waals surface area contributed by atoms with Gasteiger partial charge in [-0.15, -0.1) is 0 Å². The number of anilines is 1. The van der Waals surface area contributed by atoms with Crippen molar-refractivity contribution >= 4 is 21.5 Å². The van der Waals surface area contributed by atoms with Gasteiger partial charge in [-0.1, -0.05) is 12.1 Å². The first-order chi connectivity index (χ1) is 12.4. The molecule has 6 heteroatoms. The molecule has 0 unspecified atom stereocenters. The summed E-state index contributed by atoms with van der Waals surface area (Å²) in [6.45, 7) is 5.31. The number of aryl methyl sites for hydroxylation is 2. The van der Waals surface area contributed by atoms with Crippen molar-refractivity contribution in [2.24, 2.45) is 0 Å². The van der Waals surface area contributed by atoms with E-state index in [1.54, 1.807) is 12.1 Å². The summed E-state index contributed by atoms with van der Waals surface area (Å²) in [6.07, 6.45) is 1.81. The molecular formula is C20H24N2O3S. The quantitative estimate of drug-likeness (QED) is 0.790. The molecule has 5 nitrogen and oxygen atoms in total. The Morgan fingerprint density at radius 2 is 1.69 bits per heavy atom. The monoisotopic (exact) mass is 372 g/mol. The lowest BCUT2D eigenvalue weighted by Crippen LogP contribution is -2.27. The molecule has 1 N–H and O–H groups in total. The van der Waals surface area contributed by atoms with Crippen molar-refractivity contribution in [2.75, 3.05) is 25.0 Å². The van der Waals surface area contributed by atoms with E-state index in [2.05, 4.69) is 5.32 Å². The molecule has 1 saturated heterocycles. The third-order valence-electron chi connectivity index (χ3n) is 4.71. The Morgan fingerprint density at radius 3 is 2.35 bits per heavy atom. The summed E-state index contributed by atoms with van der Waals surface area (Å²) in [5.74, 6) is -0.0731. The number of sulfonamides is 1. The Morgan fingerprint density at radius 1 is 1.04 bits per heavy atom. The van der Waals surface area contributed by atoms with Crippen LogP contribution in [0.2, 0.25) is 0 Å². The molecule has 0 saturated carbocycles. The van der Waals surface area contributed by atoms with Crippen LogP contribution in [0.3, 0.4) is 0 Å². The summed E-state index contributed by atoms with van der Waals surface area (Å²) in [5, 5.41) is 3.17. The average Bonchev–Trinajstić information content (AvgIpc) is 3.18. The van der Waals surface area contributed by atoms with E-state index in [1.807, 2.05) is 32.0 Å². The van der Waals surface area contributed by atoms with E-state index in [1.165, 1.54) is 16.4 Å². The molecule has 0 aliphatic carbocycles. The Hall–Kier alpha value is -2.18. The molecule has 1 aliphatic rings. The van der Waals surface area contributed by atoms with Crippen molar-refractivity contribution in [3.8, 4) is 0 Å². The maximum absolute atomic E-state index is 12.5. The first-order valence-corrected chi connectivity index (χ1v) is 10.3.